The van der Waals surface area contributed by atoms with Crippen LogP contribution in [-0.2, 0) is 4.74 Å². The van der Waals surface area contributed by atoms with Crippen molar-refractivity contribution in [3.8, 4) is 5.69 Å². The van der Waals surface area contributed by atoms with Gasteiger partial charge in [-0.25, -0.2) is 9.97 Å². The van der Waals surface area contributed by atoms with Gasteiger partial charge in [0, 0.05) is 61.7 Å². The fraction of sp³-hybridized carbons (Fsp3) is 0.286. The molecule has 29 heavy (non-hydrogen) atoms. The van der Waals surface area contributed by atoms with Crippen LogP contribution in [0.1, 0.15) is 10.4 Å². The number of nitrogens with one attached hydrogen (secondary N) is 2. The van der Waals surface area contributed by atoms with E-state index in [1.165, 1.54) is 0 Å². The zero-order chi connectivity index (χ0) is 19.9. The van der Waals surface area contributed by atoms with E-state index in [2.05, 4.69) is 25.5 Å². The van der Waals surface area contributed by atoms with Crippen molar-refractivity contribution in [2.75, 3.05) is 44.7 Å². The highest BCUT2D eigenvalue weighted by Crippen LogP contribution is 2.18. The molecule has 0 saturated carbocycles. The Hall–Kier alpha value is -3.23. The molecule has 0 spiro atoms. The minimum absolute atomic E-state index is 0.0980. The number of amides is 1. The van der Waals surface area contributed by atoms with E-state index < -0.39 is 0 Å². The number of imidazole rings is 1. The van der Waals surface area contributed by atoms with Crippen LogP contribution >= 0.6 is 0 Å². The molecule has 1 aliphatic rings. The number of ether oxygens (including phenoxy) is 1. The SMILES string of the molecule is O=C(NCCN1CCOCC1)c1ccnc(Nc2ccc(-n3ccnc3)cc2)c1. The van der Waals surface area contributed by atoms with Gasteiger partial charge in [-0.1, -0.05) is 0 Å². The van der Waals surface area contributed by atoms with Crippen molar-refractivity contribution < 1.29 is 9.53 Å². The molecule has 1 amide bonds. The number of hydrogen-bond donors (Lipinski definition) is 2. The molecule has 0 aliphatic carbocycles. The summed E-state index contributed by atoms with van der Waals surface area (Å²) in [4.78, 5) is 23.1. The topological polar surface area (TPSA) is 84.3 Å². The Bertz CT molecular complexity index is 921. The van der Waals surface area contributed by atoms with Crippen molar-refractivity contribution in [2.24, 2.45) is 0 Å². The van der Waals surface area contributed by atoms with Gasteiger partial charge in [0.15, 0.2) is 0 Å². The lowest BCUT2D eigenvalue weighted by atomic mass is 10.2. The summed E-state index contributed by atoms with van der Waals surface area (Å²) in [5, 5.41) is 6.22. The van der Waals surface area contributed by atoms with Gasteiger partial charge in [-0.2, -0.15) is 0 Å². The van der Waals surface area contributed by atoms with Gasteiger partial charge >= 0.3 is 0 Å². The number of nitrogens with zero attached hydrogens (tertiary/aromatic N) is 4. The summed E-state index contributed by atoms with van der Waals surface area (Å²) in [6.07, 6.45) is 7.03. The fourth-order valence-electron chi connectivity index (χ4n) is 3.17. The maximum absolute atomic E-state index is 12.4. The molecule has 1 aromatic carbocycles. The van der Waals surface area contributed by atoms with Crippen LogP contribution in [0.25, 0.3) is 5.69 Å². The smallest absolute Gasteiger partial charge is 0.251 e. The van der Waals surface area contributed by atoms with Crippen molar-refractivity contribution >= 4 is 17.4 Å². The molecule has 2 N–H and O–H groups in total. The number of benzene rings is 1. The fourth-order valence-corrected chi connectivity index (χ4v) is 3.17. The molecule has 2 aromatic heterocycles. The minimum Gasteiger partial charge on any atom is -0.379 e. The molecule has 3 heterocycles. The lowest BCUT2D eigenvalue weighted by molar-refractivity contribution is 0.0383. The number of carbonyl (C=O) groups is 1. The molecule has 0 unspecified atom stereocenters. The van der Waals surface area contributed by atoms with Crippen molar-refractivity contribution in [3.63, 3.8) is 0 Å². The van der Waals surface area contributed by atoms with E-state index in [1.54, 1.807) is 30.9 Å². The van der Waals surface area contributed by atoms with Crippen LogP contribution in [-0.4, -0.2) is 64.7 Å². The first kappa shape index (κ1) is 19.1. The van der Waals surface area contributed by atoms with Crippen LogP contribution in [0.3, 0.4) is 0 Å². The summed E-state index contributed by atoms with van der Waals surface area (Å²) in [5.74, 6) is 0.528. The van der Waals surface area contributed by atoms with Crippen LogP contribution < -0.4 is 10.6 Å². The Balaban J connectivity index is 1.32. The Kier molecular flexibility index (Phi) is 6.13. The number of carbonyl (C=O) groups excluding carboxylic acids is 1. The predicted octanol–water partition coefficient (Wildman–Crippen LogP) is 2.07. The number of anilines is 2. The van der Waals surface area contributed by atoms with Gasteiger partial charge in [-0.15, -0.1) is 0 Å². The van der Waals surface area contributed by atoms with E-state index in [4.69, 9.17) is 4.74 Å². The molecule has 8 heteroatoms. The zero-order valence-electron chi connectivity index (χ0n) is 16.1. The van der Waals surface area contributed by atoms with E-state index in [0.717, 1.165) is 44.2 Å². The average molecular weight is 392 g/mol. The molecule has 1 fully saturated rings. The van der Waals surface area contributed by atoms with Crippen molar-refractivity contribution in [2.45, 2.75) is 0 Å². The monoisotopic (exact) mass is 392 g/mol. The molecule has 4 rings (SSSR count). The normalized spacial score (nSPS) is 14.5. The Morgan fingerprint density at radius 3 is 2.69 bits per heavy atom. The van der Waals surface area contributed by atoms with E-state index in [1.807, 2.05) is 35.0 Å². The van der Waals surface area contributed by atoms with Crippen molar-refractivity contribution in [3.05, 3.63) is 66.9 Å². The Labute approximate surface area is 169 Å². The highest BCUT2D eigenvalue weighted by molar-refractivity contribution is 5.94. The summed E-state index contributed by atoms with van der Waals surface area (Å²) in [5.41, 5.74) is 2.50. The molecule has 1 saturated heterocycles. The summed E-state index contributed by atoms with van der Waals surface area (Å²) >= 11 is 0. The van der Waals surface area contributed by atoms with E-state index in [-0.39, 0.29) is 5.91 Å². The number of morpholine rings is 1. The molecule has 0 bridgehead atoms. The second kappa shape index (κ2) is 9.31. The largest absolute Gasteiger partial charge is 0.379 e. The molecular weight excluding hydrogens is 368 g/mol. The molecule has 3 aromatic rings. The van der Waals surface area contributed by atoms with Gasteiger partial charge in [0.1, 0.15) is 5.82 Å². The quantitative estimate of drug-likeness (QED) is 0.640. The van der Waals surface area contributed by atoms with Gasteiger partial charge < -0.3 is 19.9 Å². The lowest BCUT2D eigenvalue weighted by Gasteiger charge is -2.26. The van der Waals surface area contributed by atoms with Crippen LogP contribution in [0.5, 0.6) is 0 Å². The summed E-state index contributed by atoms with van der Waals surface area (Å²) < 4.78 is 7.27. The standard InChI is InChI=1S/C21H24N6O2/c28-21(24-8-9-26-11-13-29-14-12-26)17-5-6-23-20(15-17)25-18-1-3-19(4-2-18)27-10-7-22-16-27/h1-7,10,15-16H,8-9,11-14H2,(H,23,25)(H,24,28). The van der Waals surface area contributed by atoms with Gasteiger partial charge in [0.05, 0.1) is 19.5 Å². The van der Waals surface area contributed by atoms with Crippen LogP contribution in [0.4, 0.5) is 11.5 Å². The van der Waals surface area contributed by atoms with Crippen LogP contribution in [0.15, 0.2) is 61.3 Å². The van der Waals surface area contributed by atoms with Gasteiger partial charge in [-0.05, 0) is 36.4 Å². The van der Waals surface area contributed by atoms with Crippen molar-refractivity contribution in [1.29, 1.82) is 0 Å². The molecule has 150 valence electrons. The third-order valence-corrected chi connectivity index (χ3v) is 4.78. The average Bonchev–Trinajstić information content (AvgIpc) is 3.30. The number of rotatable bonds is 7. The third-order valence-electron chi connectivity index (χ3n) is 4.78. The predicted molar refractivity (Wildman–Crippen MR) is 111 cm³/mol. The first-order valence-corrected chi connectivity index (χ1v) is 9.68. The molecule has 8 nitrogen and oxygen atoms in total. The van der Waals surface area contributed by atoms with Crippen LogP contribution in [0, 0.1) is 0 Å². The highest BCUT2D eigenvalue weighted by Gasteiger charge is 2.11. The first-order valence-electron chi connectivity index (χ1n) is 9.68. The molecule has 0 radical (unpaired) electrons. The minimum atomic E-state index is -0.0980. The Morgan fingerprint density at radius 1 is 1.10 bits per heavy atom. The summed E-state index contributed by atoms with van der Waals surface area (Å²) in [6.45, 7) is 4.79. The number of pyridine rings is 1. The Morgan fingerprint density at radius 2 is 1.93 bits per heavy atom. The van der Waals surface area contributed by atoms with E-state index in [0.29, 0.717) is 17.9 Å². The number of aromatic nitrogens is 3. The van der Waals surface area contributed by atoms with Crippen molar-refractivity contribution in [1.82, 2.24) is 24.8 Å². The van der Waals surface area contributed by atoms with E-state index >= 15 is 0 Å². The second-order valence-electron chi connectivity index (χ2n) is 6.78. The maximum atomic E-state index is 12.4. The summed E-state index contributed by atoms with van der Waals surface area (Å²) in [7, 11) is 0. The molecule has 1 aliphatic heterocycles. The van der Waals surface area contributed by atoms with E-state index in [9.17, 15) is 4.79 Å². The number of hydrogen-bond acceptors (Lipinski definition) is 6. The van der Waals surface area contributed by atoms with Gasteiger partial charge in [0.25, 0.3) is 5.91 Å². The highest BCUT2D eigenvalue weighted by atomic mass is 16.5. The van der Waals surface area contributed by atoms with Crippen LogP contribution in [0.2, 0.25) is 0 Å². The zero-order valence-corrected chi connectivity index (χ0v) is 16.1. The lowest BCUT2D eigenvalue weighted by Crippen LogP contribution is -2.41. The third kappa shape index (κ3) is 5.18. The first-order chi connectivity index (χ1) is 14.3. The molecular formula is C21H24N6O2. The van der Waals surface area contributed by atoms with Gasteiger partial charge in [0.2, 0.25) is 0 Å². The molecule has 0 atom stereocenters. The second-order valence-corrected chi connectivity index (χ2v) is 6.78. The maximum Gasteiger partial charge on any atom is 0.251 e. The summed E-state index contributed by atoms with van der Waals surface area (Å²) in [6, 6.07) is 11.4. The van der Waals surface area contributed by atoms with Gasteiger partial charge in [-0.3, -0.25) is 9.69 Å².